The number of hydrogen-bond acceptors (Lipinski definition) is 7. The van der Waals surface area contributed by atoms with E-state index in [4.69, 9.17) is 4.74 Å². The van der Waals surface area contributed by atoms with Crippen LogP contribution in [0.2, 0.25) is 0 Å². The van der Waals surface area contributed by atoms with E-state index in [1.807, 2.05) is 17.5 Å². The van der Waals surface area contributed by atoms with E-state index in [-0.39, 0.29) is 0 Å². The Labute approximate surface area is 124 Å². The van der Waals surface area contributed by atoms with Crippen LogP contribution in [0.1, 0.15) is 11.5 Å². The van der Waals surface area contributed by atoms with Crippen LogP contribution >= 0.6 is 11.3 Å². The van der Waals surface area contributed by atoms with Crippen LogP contribution < -0.4 is 0 Å². The summed E-state index contributed by atoms with van der Waals surface area (Å²) in [7, 11) is 0. The highest BCUT2D eigenvalue weighted by atomic mass is 32.1. The van der Waals surface area contributed by atoms with Crippen LogP contribution in [0.25, 0.3) is 15.7 Å². The van der Waals surface area contributed by atoms with Gasteiger partial charge in [-0.25, -0.2) is 0 Å². The molecule has 0 amide bonds. The standard InChI is InChI=1S/C12H15N7OS/c1-8-6-9(14-13-8)11-17-19-10(15-16-12(19)21-11)7-18-2-4-20-5-3-18/h6H,2-5,7H2,1H3,(H,13,14). The van der Waals surface area contributed by atoms with E-state index in [9.17, 15) is 0 Å². The van der Waals surface area contributed by atoms with Crippen molar-refractivity contribution in [1.82, 2.24) is 34.9 Å². The smallest absolute Gasteiger partial charge is 0.235 e. The van der Waals surface area contributed by atoms with Crippen molar-refractivity contribution in [3.63, 3.8) is 0 Å². The zero-order chi connectivity index (χ0) is 14.2. The van der Waals surface area contributed by atoms with E-state index in [0.29, 0.717) is 0 Å². The Hall–Kier alpha value is -1.84. The van der Waals surface area contributed by atoms with Crippen LogP contribution in [0.4, 0.5) is 0 Å². The first-order valence-electron chi connectivity index (χ1n) is 6.83. The molecule has 0 saturated carbocycles. The van der Waals surface area contributed by atoms with Crippen molar-refractivity contribution < 1.29 is 4.74 Å². The quantitative estimate of drug-likeness (QED) is 0.767. The molecule has 1 N–H and O–H groups in total. The van der Waals surface area contributed by atoms with Gasteiger partial charge in [0, 0.05) is 18.8 Å². The molecule has 3 aromatic rings. The molecule has 4 rings (SSSR count). The minimum Gasteiger partial charge on any atom is -0.379 e. The fourth-order valence-corrected chi connectivity index (χ4v) is 3.17. The minimum atomic E-state index is 0.743. The molecular formula is C12H15N7OS. The molecule has 0 spiro atoms. The van der Waals surface area contributed by atoms with Crippen molar-refractivity contribution in [2.45, 2.75) is 13.5 Å². The number of H-pyrrole nitrogens is 1. The Morgan fingerprint density at radius 2 is 2.19 bits per heavy atom. The van der Waals surface area contributed by atoms with Gasteiger partial charge in [-0.1, -0.05) is 11.3 Å². The lowest BCUT2D eigenvalue weighted by atomic mass is 10.4. The van der Waals surface area contributed by atoms with Gasteiger partial charge in [-0.15, -0.1) is 10.2 Å². The Bertz CT molecular complexity index is 755. The summed E-state index contributed by atoms with van der Waals surface area (Å²) in [4.78, 5) is 3.10. The lowest BCUT2D eigenvalue weighted by Crippen LogP contribution is -2.36. The maximum absolute atomic E-state index is 5.36. The molecule has 3 aromatic heterocycles. The van der Waals surface area contributed by atoms with Gasteiger partial charge in [-0.3, -0.25) is 10.00 Å². The molecule has 1 aliphatic rings. The molecule has 1 saturated heterocycles. The van der Waals surface area contributed by atoms with Crippen LogP contribution in [0, 0.1) is 6.92 Å². The second-order valence-corrected chi connectivity index (χ2v) is 6.00. The number of nitrogens with one attached hydrogen (secondary N) is 1. The highest BCUT2D eigenvalue weighted by molar-refractivity contribution is 7.19. The summed E-state index contributed by atoms with van der Waals surface area (Å²) in [5, 5.41) is 21.1. The van der Waals surface area contributed by atoms with Gasteiger partial charge in [0.05, 0.1) is 19.8 Å². The van der Waals surface area contributed by atoms with Crippen molar-refractivity contribution in [3.05, 3.63) is 17.6 Å². The number of hydrogen-bond donors (Lipinski definition) is 1. The molecule has 8 nitrogen and oxygen atoms in total. The molecule has 0 unspecified atom stereocenters. The van der Waals surface area contributed by atoms with Gasteiger partial charge in [-0.05, 0) is 13.0 Å². The molecule has 0 aliphatic carbocycles. The minimum absolute atomic E-state index is 0.743. The van der Waals surface area contributed by atoms with Crippen molar-refractivity contribution in [3.8, 4) is 10.7 Å². The van der Waals surface area contributed by atoms with E-state index in [2.05, 4.69) is 30.4 Å². The first-order valence-corrected chi connectivity index (χ1v) is 7.65. The fraction of sp³-hybridized carbons (Fsp3) is 0.500. The van der Waals surface area contributed by atoms with E-state index < -0.39 is 0 Å². The summed E-state index contributed by atoms with van der Waals surface area (Å²) in [6.45, 7) is 6.11. The van der Waals surface area contributed by atoms with E-state index in [1.165, 1.54) is 11.3 Å². The number of aromatic amines is 1. The normalized spacial score (nSPS) is 16.8. The van der Waals surface area contributed by atoms with Crippen LogP contribution in [-0.4, -0.2) is 61.2 Å². The van der Waals surface area contributed by atoms with Crippen molar-refractivity contribution >= 4 is 16.3 Å². The van der Waals surface area contributed by atoms with Gasteiger partial charge in [0.1, 0.15) is 5.69 Å². The molecule has 9 heteroatoms. The summed E-state index contributed by atoms with van der Waals surface area (Å²) in [5.74, 6) is 0.863. The molecule has 0 radical (unpaired) electrons. The van der Waals surface area contributed by atoms with E-state index in [1.54, 1.807) is 0 Å². The molecule has 0 atom stereocenters. The SMILES string of the molecule is Cc1cc(-c2nn3c(CN4CCOCC4)nnc3s2)n[nH]1. The largest absolute Gasteiger partial charge is 0.379 e. The fourth-order valence-electron chi connectivity index (χ4n) is 2.35. The van der Waals surface area contributed by atoms with Gasteiger partial charge < -0.3 is 4.74 Å². The zero-order valence-electron chi connectivity index (χ0n) is 11.6. The Kier molecular flexibility index (Phi) is 3.17. The van der Waals surface area contributed by atoms with Gasteiger partial charge in [0.2, 0.25) is 4.96 Å². The lowest BCUT2D eigenvalue weighted by molar-refractivity contribution is 0.0328. The second-order valence-electron chi connectivity index (χ2n) is 5.04. The molecule has 0 aromatic carbocycles. The molecule has 21 heavy (non-hydrogen) atoms. The first kappa shape index (κ1) is 12.9. The number of aromatic nitrogens is 6. The topological polar surface area (TPSA) is 84.2 Å². The van der Waals surface area contributed by atoms with Crippen LogP contribution in [0.3, 0.4) is 0 Å². The van der Waals surface area contributed by atoms with Gasteiger partial charge in [0.25, 0.3) is 0 Å². The number of aryl methyl sites for hydroxylation is 1. The second kappa shape index (κ2) is 5.17. The highest BCUT2D eigenvalue weighted by Gasteiger charge is 2.18. The summed E-state index contributed by atoms with van der Waals surface area (Å²) in [6.07, 6.45) is 0. The molecule has 1 fully saturated rings. The number of morpholine rings is 1. The molecule has 110 valence electrons. The predicted octanol–water partition coefficient (Wildman–Crippen LogP) is 0.717. The summed E-state index contributed by atoms with van der Waals surface area (Å²) in [5.41, 5.74) is 1.87. The molecule has 4 heterocycles. The number of ether oxygens (including phenoxy) is 1. The third-order valence-electron chi connectivity index (χ3n) is 3.45. The summed E-state index contributed by atoms with van der Waals surface area (Å²) in [6, 6.07) is 1.98. The zero-order valence-corrected chi connectivity index (χ0v) is 12.4. The maximum atomic E-state index is 5.36. The van der Waals surface area contributed by atoms with Crippen LogP contribution in [-0.2, 0) is 11.3 Å². The van der Waals surface area contributed by atoms with E-state index >= 15 is 0 Å². The van der Waals surface area contributed by atoms with Crippen molar-refractivity contribution in [1.29, 1.82) is 0 Å². The monoisotopic (exact) mass is 305 g/mol. The maximum Gasteiger partial charge on any atom is 0.235 e. The Morgan fingerprint density at radius 3 is 2.95 bits per heavy atom. The third-order valence-corrected chi connectivity index (χ3v) is 4.37. The summed E-state index contributed by atoms with van der Waals surface area (Å²) >= 11 is 1.50. The Balaban J connectivity index is 1.63. The van der Waals surface area contributed by atoms with Crippen LogP contribution in [0.5, 0.6) is 0 Å². The highest BCUT2D eigenvalue weighted by Crippen LogP contribution is 2.24. The van der Waals surface area contributed by atoms with Crippen LogP contribution in [0.15, 0.2) is 6.07 Å². The molecule has 0 bridgehead atoms. The number of nitrogens with zero attached hydrogens (tertiary/aromatic N) is 6. The van der Waals surface area contributed by atoms with Gasteiger partial charge in [0.15, 0.2) is 10.8 Å². The predicted molar refractivity (Wildman–Crippen MR) is 77.1 cm³/mol. The first-order chi connectivity index (χ1) is 10.3. The summed E-state index contributed by atoms with van der Waals surface area (Å²) < 4.78 is 7.18. The average Bonchev–Trinajstić information content (AvgIpc) is 3.17. The average molecular weight is 305 g/mol. The van der Waals surface area contributed by atoms with Gasteiger partial charge in [-0.2, -0.15) is 14.7 Å². The lowest BCUT2D eigenvalue weighted by Gasteiger charge is -2.25. The molecule has 1 aliphatic heterocycles. The number of rotatable bonds is 3. The van der Waals surface area contributed by atoms with Gasteiger partial charge >= 0.3 is 0 Å². The van der Waals surface area contributed by atoms with Crippen molar-refractivity contribution in [2.24, 2.45) is 0 Å². The van der Waals surface area contributed by atoms with E-state index in [0.717, 1.165) is 60.0 Å². The number of fused-ring (bicyclic) bond motifs is 1. The third kappa shape index (κ3) is 2.43. The molecular weight excluding hydrogens is 290 g/mol. The Morgan fingerprint density at radius 1 is 1.33 bits per heavy atom. The van der Waals surface area contributed by atoms with Crippen molar-refractivity contribution in [2.75, 3.05) is 26.3 Å².